The van der Waals surface area contributed by atoms with Gasteiger partial charge in [0.25, 0.3) is 0 Å². The van der Waals surface area contributed by atoms with Crippen LogP contribution in [0.15, 0.2) is 0 Å². The number of hydrogen-bond acceptors (Lipinski definition) is 2. The van der Waals surface area contributed by atoms with Crippen molar-refractivity contribution in [1.29, 1.82) is 0 Å². The van der Waals surface area contributed by atoms with E-state index in [9.17, 15) is 5.11 Å². The maximum atomic E-state index is 10.3. The smallest absolute Gasteiger partial charge is 0.0686 e. The Bertz CT molecular complexity index is 158. The number of aliphatic hydroxyl groups excluding tert-OH is 1. The molecule has 0 bridgehead atoms. The Labute approximate surface area is 91.7 Å². The second-order valence-electron chi connectivity index (χ2n) is 4.79. The fourth-order valence-corrected chi connectivity index (χ4v) is 4.22. The molecule has 2 heteroatoms. The van der Waals surface area contributed by atoms with Crippen LogP contribution in [0.2, 0.25) is 0 Å². The first-order valence-electron chi connectivity index (χ1n) is 6.17. The molecule has 0 amide bonds. The van der Waals surface area contributed by atoms with Crippen LogP contribution in [0.1, 0.15) is 51.4 Å². The monoisotopic (exact) mass is 214 g/mol. The molecule has 1 heterocycles. The Kier molecular flexibility index (Phi) is 4.18. The molecule has 2 fully saturated rings. The molecule has 1 saturated carbocycles. The van der Waals surface area contributed by atoms with Crippen LogP contribution in [0.5, 0.6) is 0 Å². The van der Waals surface area contributed by atoms with E-state index in [1.165, 1.54) is 57.1 Å². The Morgan fingerprint density at radius 3 is 2.21 bits per heavy atom. The van der Waals surface area contributed by atoms with Crippen LogP contribution in [0.4, 0.5) is 0 Å². The van der Waals surface area contributed by atoms with Gasteiger partial charge in [0.05, 0.1) is 6.10 Å². The van der Waals surface area contributed by atoms with E-state index >= 15 is 0 Å². The van der Waals surface area contributed by atoms with Gasteiger partial charge < -0.3 is 5.11 Å². The van der Waals surface area contributed by atoms with E-state index in [-0.39, 0.29) is 6.10 Å². The van der Waals surface area contributed by atoms with Crippen LogP contribution in [0, 0.1) is 5.92 Å². The van der Waals surface area contributed by atoms with Gasteiger partial charge >= 0.3 is 0 Å². The Hall–Kier alpha value is 0.310. The molecule has 2 unspecified atom stereocenters. The van der Waals surface area contributed by atoms with Crippen LogP contribution in [-0.4, -0.2) is 22.2 Å². The van der Waals surface area contributed by atoms with Crippen molar-refractivity contribution >= 4 is 11.8 Å². The number of rotatable bonds is 2. The lowest BCUT2D eigenvalue weighted by Crippen LogP contribution is -2.29. The van der Waals surface area contributed by atoms with Gasteiger partial charge in [-0.25, -0.2) is 0 Å². The number of aliphatic hydroxyl groups is 1. The second kappa shape index (κ2) is 5.41. The molecule has 1 aliphatic heterocycles. The molecule has 14 heavy (non-hydrogen) atoms. The molecule has 1 N–H and O–H groups in total. The van der Waals surface area contributed by atoms with Crippen molar-refractivity contribution in [2.45, 2.75) is 62.7 Å². The fourth-order valence-electron chi connectivity index (χ4n) is 2.83. The van der Waals surface area contributed by atoms with Gasteiger partial charge in [-0.15, -0.1) is 0 Å². The molecule has 82 valence electrons. The van der Waals surface area contributed by atoms with Gasteiger partial charge in [0, 0.05) is 5.25 Å². The first-order chi connectivity index (χ1) is 6.88. The van der Waals surface area contributed by atoms with Crippen LogP contribution in [-0.2, 0) is 0 Å². The van der Waals surface area contributed by atoms with Gasteiger partial charge in [0.1, 0.15) is 0 Å². The lowest BCUT2D eigenvalue weighted by molar-refractivity contribution is 0.0951. The van der Waals surface area contributed by atoms with Crippen molar-refractivity contribution in [3.05, 3.63) is 0 Å². The summed E-state index contributed by atoms with van der Waals surface area (Å²) in [7, 11) is 0. The number of hydrogen-bond donors (Lipinski definition) is 1. The van der Waals surface area contributed by atoms with E-state index < -0.39 is 0 Å². The van der Waals surface area contributed by atoms with Crippen molar-refractivity contribution < 1.29 is 5.11 Å². The average Bonchev–Trinajstić information content (AvgIpc) is 2.59. The molecule has 1 aliphatic carbocycles. The fraction of sp³-hybridized carbons (Fsp3) is 1.00. The minimum absolute atomic E-state index is 0.000556. The topological polar surface area (TPSA) is 20.2 Å². The SMILES string of the molecule is OC(C1CCCCCC1)C1CCCS1. The highest BCUT2D eigenvalue weighted by atomic mass is 32.2. The molecule has 0 aromatic heterocycles. The first-order valence-corrected chi connectivity index (χ1v) is 7.22. The number of thioether (sulfide) groups is 1. The molecule has 2 aliphatic rings. The van der Waals surface area contributed by atoms with E-state index in [2.05, 4.69) is 0 Å². The second-order valence-corrected chi connectivity index (χ2v) is 6.14. The molecule has 1 saturated heterocycles. The predicted molar refractivity (Wildman–Crippen MR) is 62.7 cm³/mol. The van der Waals surface area contributed by atoms with E-state index in [0.29, 0.717) is 11.2 Å². The van der Waals surface area contributed by atoms with Gasteiger partial charge in [0.15, 0.2) is 0 Å². The van der Waals surface area contributed by atoms with Gasteiger partial charge in [-0.3, -0.25) is 0 Å². The minimum atomic E-state index is 0.000556. The maximum Gasteiger partial charge on any atom is 0.0686 e. The molecule has 1 nitrogen and oxygen atoms in total. The molecule has 2 rings (SSSR count). The third kappa shape index (κ3) is 2.66. The molecule has 0 aromatic carbocycles. The quantitative estimate of drug-likeness (QED) is 0.712. The van der Waals surface area contributed by atoms with Crippen LogP contribution < -0.4 is 0 Å². The Morgan fingerprint density at radius 1 is 0.929 bits per heavy atom. The summed E-state index contributed by atoms with van der Waals surface area (Å²) in [6.07, 6.45) is 10.6. The lowest BCUT2D eigenvalue weighted by Gasteiger charge is -2.25. The standard InChI is InChI=1S/C12H22OS/c13-12(11-8-5-9-14-11)10-6-3-1-2-4-7-10/h10-13H,1-9H2. The average molecular weight is 214 g/mol. The molecule has 2 atom stereocenters. The molecular formula is C12H22OS. The summed E-state index contributed by atoms with van der Waals surface area (Å²) < 4.78 is 0. The molecular weight excluding hydrogens is 192 g/mol. The predicted octanol–water partition coefficient (Wildman–Crippen LogP) is 3.21. The summed E-state index contributed by atoms with van der Waals surface area (Å²) in [6.45, 7) is 0. The van der Waals surface area contributed by atoms with Gasteiger partial charge in [0.2, 0.25) is 0 Å². The zero-order valence-corrected chi connectivity index (χ0v) is 9.77. The van der Waals surface area contributed by atoms with Gasteiger partial charge in [-0.1, -0.05) is 25.7 Å². The van der Waals surface area contributed by atoms with Crippen molar-refractivity contribution in [3.63, 3.8) is 0 Å². The highest BCUT2D eigenvalue weighted by Gasteiger charge is 2.30. The summed E-state index contributed by atoms with van der Waals surface area (Å²) in [5.41, 5.74) is 0. The summed E-state index contributed by atoms with van der Waals surface area (Å²) in [5.74, 6) is 1.89. The van der Waals surface area contributed by atoms with Crippen LogP contribution >= 0.6 is 11.8 Å². The largest absolute Gasteiger partial charge is 0.392 e. The summed E-state index contributed by atoms with van der Waals surface area (Å²) in [6, 6.07) is 0. The molecule has 0 spiro atoms. The van der Waals surface area contributed by atoms with E-state index in [1.807, 2.05) is 11.8 Å². The van der Waals surface area contributed by atoms with Crippen LogP contribution in [0.25, 0.3) is 0 Å². The van der Waals surface area contributed by atoms with E-state index in [0.717, 1.165) is 0 Å². The van der Waals surface area contributed by atoms with Crippen molar-refractivity contribution in [3.8, 4) is 0 Å². The van der Waals surface area contributed by atoms with Gasteiger partial charge in [-0.05, 0) is 37.4 Å². The third-order valence-corrected chi connectivity index (χ3v) is 5.20. The third-order valence-electron chi connectivity index (χ3n) is 3.73. The van der Waals surface area contributed by atoms with E-state index in [4.69, 9.17) is 0 Å². The summed E-state index contributed by atoms with van der Waals surface area (Å²) >= 11 is 2.00. The lowest BCUT2D eigenvalue weighted by atomic mass is 9.91. The maximum absolute atomic E-state index is 10.3. The molecule has 0 aromatic rings. The minimum Gasteiger partial charge on any atom is -0.392 e. The summed E-state index contributed by atoms with van der Waals surface area (Å²) in [4.78, 5) is 0. The van der Waals surface area contributed by atoms with E-state index in [1.54, 1.807) is 0 Å². The van der Waals surface area contributed by atoms with Crippen molar-refractivity contribution in [1.82, 2.24) is 0 Å². The van der Waals surface area contributed by atoms with Crippen molar-refractivity contribution in [2.24, 2.45) is 5.92 Å². The Morgan fingerprint density at radius 2 is 1.64 bits per heavy atom. The molecule has 0 radical (unpaired) electrons. The zero-order chi connectivity index (χ0) is 9.80. The summed E-state index contributed by atoms with van der Waals surface area (Å²) in [5, 5.41) is 10.8. The zero-order valence-electron chi connectivity index (χ0n) is 8.95. The van der Waals surface area contributed by atoms with Crippen LogP contribution in [0.3, 0.4) is 0 Å². The van der Waals surface area contributed by atoms with Crippen molar-refractivity contribution in [2.75, 3.05) is 5.75 Å². The first kappa shape index (κ1) is 10.8. The highest BCUT2D eigenvalue weighted by Crippen LogP contribution is 2.35. The Balaban J connectivity index is 1.84. The normalized spacial score (nSPS) is 32.8. The highest BCUT2D eigenvalue weighted by molar-refractivity contribution is 8.00. The van der Waals surface area contributed by atoms with Gasteiger partial charge in [-0.2, -0.15) is 11.8 Å².